The van der Waals surface area contributed by atoms with Crippen molar-refractivity contribution < 1.29 is 0 Å². The molecule has 0 saturated heterocycles. The van der Waals surface area contributed by atoms with Crippen molar-refractivity contribution >= 4 is 11.8 Å². The van der Waals surface area contributed by atoms with Crippen LogP contribution >= 0.6 is 11.8 Å². The first-order valence-electron chi connectivity index (χ1n) is 9.24. The molecule has 0 aromatic heterocycles. The lowest BCUT2D eigenvalue weighted by atomic mass is 9.66. The molecule has 1 unspecified atom stereocenters. The number of benzene rings is 2. The lowest BCUT2D eigenvalue weighted by molar-refractivity contribution is 0.353. The van der Waals surface area contributed by atoms with E-state index in [0.29, 0.717) is 5.92 Å². The van der Waals surface area contributed by atoms with Gasteiger partial charge in [0.15, 0.2) is 0 Å². The summed E-state index contributed by atoms with van der Waals surface area (Å²) >= 11 is 2.13. The fourth-order valence-electron chi connectivity index (χ4n) is 5.30. The van der Waals surface area contributed by atoms with E-state index in [0.717, 1.165) is 17.6 Å². The van der Waals surface area contributed by atoms with Gasteiger partial charge in [0.1, 0.15) is 0 Å². The molecule has 0 amide bonds. The van der Waals surface area contributed by atoms with Crippen LogP contribution < -0.4 is 0 Å². The fourth-order valence-corrected chi connectivity index (χ4v) is 6.68. The molecule has 4 aliphatic rings. The molecule has 0 spiro atoms. The van der Waals surface area contributed by atoms with Gasteiger partial charge in [0.05, 0.1) is 0 Å². The molecule has 1 fully saturated rings. The SMILES string of the molecule is CCC1c2ccccc2CSc2c1ccc1c2C2CCC1CC2. The monoisotopic (exact) mass is 320 g/mol. The third-order valence-electron chi connectivity index (χ3n) is 6.42. The highest BCUT2D eigenvalue weighted by Crippen LogP contribution is 2.55. The Balaban J connectivity index is 1.72. The zero-order valence-electron chi connectivity index (χ0n) is 13.8. The molecule has 3 aliphatic carbocycles. The number of fused-ring (bicyclic) bond motifs is 4. The predicted octanol–water partition coefficient (Wildman–Crippen LogP) is 6.59. The van der Waals surface area contributed by atoms with Crippen molar-refractivity contribution in [3.63, 3.8) is 0 Å². The fraction of sp³-hybridized carbons (Fsp3) is 0.455. The summed E-state index contributed by atoms with van der Waals surface area (Å²) in [6.07, 6.45) is 6.92. The maximum absolute atomic E-state index is 2.50. The van der Waals surface area contributed by atoms with E-state index >= 15 is 0 Å². The van der Waals surface area contributed by atoms with Gasteiger partial charge in [0.25, 0.3) is 0 Å². The van der Waals surface area contributed by atoms with Gasteiger partial charge in [-0.25, -0.2) is 0 Å². The summed E-state index contributed by atoms with van der Waals surface area (Å²) in [6.45, 7) is 2.35. The number of hydrogen-bond acceptors (Lipinski definition) is 1. The Bertz CT molecular complexity index is 753. The third kappa shape index (κ3) is 2.05. The van der Waals surface area contributed by atoms with E-state index in [9.17, 15) is 0 Å². The first-order chi connectivity index (χ1) is 11.4. The van der Waals surface area contributed by atoms with Gasteiger partial charge in [-0.2, -0.15) is 0 Å². The maximum atomic E-state index is 2.50. The zero-order valence-corrected chi connectivity index (χ0v) is 14.7. The molecule has 2 bridgehead atoms. The van der Waals surface area contributed by atoms with Crippen molar-refractivity contribution in [1.82, 2.24) is 0 Å². The summed E-state index contributed by atoms with van der Waals surface area (Å²) in [7, 11) is 0. The first kappa shape index (κ1) is 14.2. The van der Waals surface area contributed by atoms with Gasteiger partial charge in [-0.15, -0.1) is 11.8 Å². The van der Waals surface area contributed by atoms with Gasteiger partial charge in [-0.1, -0.05) is 43.3 Å². The van der Waals surface area contributed by atoms with Gasteiger partial charge in [0.2, 0.25) is 0 Å². The van der Waals surface area contributed by atoms with Crippen molar-refractivity contribution in [2.45, 2.75) is 67.4 Å². The lowest BCUT2D eigenvalue weighted by Gasteiger charge is -2.40. The van der Waals surface area contributed by atoms with E-state index in [4.69, 9.17) is 0 Å². The van der Waals surface area contributed by atoms with Crippen molar-refractivity contribution in [2.75, 3.05) is 0 Å². The van der Waals surface area contributed by atoms with Gasteiger partial charge < -0.3 is 0 Å². The Kier molecular flexibility index (Phi) is 3.33. The summed E-state index contributed by atoms with van der Waals surface area (Å²) in [5, 5.41) is 0. The average molecular weight is 321 g/mol. The highest BCUT2D eigenvalue weighted by Gasteiger charge is 2.37. The largest absolute Gasteiger partial charge is 0.121 e. The summed E-state index contributed by atoms with van der Waals surface area (Å²) in [6, 6.07) is 14.1. The first-order valence-corrected chi connectivity index (χ1v) is 10.2. The second-order valence-electron chi connectivity index (χ2n) is 7.48. The summed E-state index contributed by atoms with van der Waals surface area (Å²) in [4.78, 5) is 1.67. The quantitative estimate of drug-likeness (QED) is 0.571. The highest BCUT2D eigenvalue weighted by atomic mass is 32.2. The molecular weight excluding hydrogens is 296 g/mol. The minimum Gasteiger partial charge on any atom is -0.121 e. The van der Waals surface area contributed by atoms with Crippen LogP contribution in [0.15, 0.2) is 41.3 Å². The van der Waals surface area contributed by atoms with Crippen LogP contribution in [0.3, 0.4) is 0 Å². The molecule has 0 N–H and O–H groups in total. The molecule has 2 aromatic carbocycles. The van der Waals surface area contributed by atoms with Crippen LogP contribution in [0.4, 0.5) is 0 Å². The van der Waals surface area contributed by atoms with E-state index in [1.807, 2.05) is 0 Å². The Morgan fingerprint density at radius 3 is 2.43 bits per heavy atom. The molecule has 118 valence electrons. The Morgan fingerprint density at radius 2 is 1.61 bits per heavy atom. The van der Waals surface area contributed by atoms with Crippen molar-refractivity contribution in [2.24, 2.45) is 0 Å². The molecule has 0 radical (unpaired) electrons. The summed E-state index contributed by atoms with van der Waals surface area (Å²) in [5.41, 5.74) is 8.21. The third-order valence-corrected chi connectivity index (χ3v) is 7.62. The van der Waals surface area contributed by atoms with Crippen LogP contribution in [0.5, 0.6) is 0 Å². The van der Waals surface area contributed by atoms with Crippen LogP contribution in [-0.4, -0.2) is 0 Å². The Labute approximate surface area is 143 Å². The number of hydrogen-bond donors (Lipinski definition) is 0. The summed E-state index contributed by atoms with van der Waals surface area (Å²) < 4.78 is 0. The van der Waals surface area contributed by atoms with Crippen molar-refractivity contribution in [1.29, 1.82) is 0 Å². The topological polar surface area (TPSA) is 0 Å². The molecule has 1 heterocycles. The van der Waals surface area contributed by atoms with Crippen LogP contribution in [0.25, 0.3) is 0 Å². The van der Waals surface area contributed by atoms with E-state index in [2.05, 4.69) is 55.1 Å². The van der Waals surface area contributed by atoms with Gasteiger partial charge >= 0.3 is 0 Å². The molecule has 0 nitrogen and oxygen atoms in total. The molecule has 23 heavy (non-hydrogen) atoms. The lowest BCUT2D eigenvalue weighted by Crippen LogP contribution is -2.23. The van der Waals surface area contributed by atoms with Gasteiger partial charge in [0, 0.05) is 16.6 Å². The molecule has 2 aromatic rings. The predicted molar refractivity (Wildman–Crippen MR) is 98.5 cm³/mol. The number of rotatable bonds is 1. The zero-order chi connectivity index (χ0) is 15.4. The molecular formula is C22H24S. The van der Waals surface area contributed by atoms with Crippen LogP contribution in [0, 0.1) is 0 Å². The van der Waals surface area contributed by atoms with Crippen molar-refractivity contribution in [3.05, 3.63) is 64.2 Å². The Hall–Kier alpha value is -1.21. The second-order valence-corrected chi connectivity index (χ2v) is 8.47. The van der Waals surface area contributed by atoms with E-state index in [-0.39, 0.29) is 0 Å². The van der Waals surface area contributed by atoms with Gasteiger partial charge in [-0.05, 0) is 71.8 Å². The maximum Gasteiger partial charge on any atom is 0.0235 e. The second kappa shape index (κ2) is 5.41. The smallest absolute Gasteiger partial charge is 0.0235 e. The number of thioether (sulfide) groups is 1. The van der Waals surface area contributed by atoms with E-state index in [1.165, 1.54) is 32.1 Å². The summed E-state index contributed by atoms with van der Waals surface area (Å²) in [5.74, 6) is 3.43. The standard InChI is InChI=1S/C22H24S/c1-2-17-18-6-4-3-5-16(18)13-23-22-20(17)12-11-19-14-7-9-15(10-8-14)21(19)22/h3-6,11-12,14-15,17H,2,7-10,13H2,1H3. The average Bonchev–Trinajstić information content (AvgIpc) is 2.79. The molecule has 1 atom stereocenters. The molecule has 1 heteroatoms. The minimum atomic E-state index is 0.585. The van der Waals surface area contributed by atoms with Crippen LogP contribution in [-0.2, 0) is 5.75 Å². The minimum absolute atomic E-state index is 0.585. The molecule has 1 aliphatic heterocycles. The van der Waals surface area contributed by atoms with E-state index in [1.54, 1.807) is 32.7 Å². The van der Waals surface area contributed by atoms with Crippen molar-refractivity contribution in [3.8, 4) is 0 Å². The Morgan fingerprint density at radius 1 is 0.870 bits per heavy atom. The molecule has 1 saturated carbocycles. The molecule has 6 rings (SSSR count). The van der Waals surface area contributed by atoms with Crippen LogP contribution in [0.1, 0.15) is 84.6 Å². The van der Waals surface area contributed by atoms with E-state index < -0.39 is 0 Å². The normalized spacial score (nSPS) is 27.8. The van der Waals surface area contributed by atoms with Gasteiger partial charge in [-0.3, -0.25) is 0 Å². The highest BCUT2D eigenvalue weighted by molar-refractivity contribution is 7.98. The van der Waals surface area contributed by atoms with Crippen LogP contribution in [0.2, 0.25) is 0 Å².